The van der Waals surface area contributed by atoms with E-state index < -0.39 is 12.5 Å². The third kappa shape index (κ3) is 5.63. The summed E-state index contributed by atoms with van der Waals surface area (Å²) in [5, 5.41) is 3.92. The summed E-state index contributed by atoms with van der Waals surface area (Å²) in [6.07, 6.45) is 3.08. The zero-order chi connectivity index (χ0) is 18.2. The van der Waals surface area contributed by atoms with Gasteiger partial charge in [-0.05, 0) is 35.7 Å². The molecule has 0 fully saturated rings. The number of hydrazone groups is 1. The lowest BCUT2D eigenvalue weighted by Gasteiger charge is -2.19. The van der Waals surface area contributed by atoms with Gasteiger partial charge in [-0.3, -0.25) is 9.78 Å². The first-order valence-electron chi connectivity index (χ1n) is 7.76. The summed E-state index contributed by atoms with van der Waals surface area (Å²) >= 11 is 0. The van der Waals surface area contributed by atoms with Gasteiger partial charge in [0.2, 0.25) is 5.91 Å². The van der Waals surface area contributed by atoms with E-state index in [0.29, 0.717) is 11.3 Å². The highest BCUT2D eigenvalue weighted by Gasteiger charge is 2.24. The summed E-state index contributed by atoms with van der Waals surface area (Å²) in [7, 11) is 0. The van der Waals surface area contributed by atoms with E-state index in [-0.39, 0.29) is 17.6 Å². The van der Waals surface area contributed by atoms with Gasteiger partial charge in [-0.15, -0.1) is 0 Å². The largest absolute Gasteiger partial charge is 0.435 e. The number of nitrogens with zero attached hydrogens (tertiary/aromatic N) is 2. The standard InChI is InChI=1S/C18H19F2N3O2/c1-12(2)16(13-6-8-15(9-7-13)25-18(19)20)17(24)23-22-11-14-5-3-4-10-21-14/h3-12,16,18H,1-2H3,(H,23,24)/b22-11+. The topological polar surface area (TPSA) is 63.6 Å². The smallest absolute Gasteiger partial charge is 0.387 e. The van der Waals surface area contributed by atoms with Gasteiger partial charge in [-0.25, -0.2) is 5.43 Å². The predicted octanol–water partition coefficient (Wildman–Crippen LogP) is 3.57. The number of hydrogen-bond donors (Lipinski definition) is 1. The van der Waals surface area contributed by atoms with Crippen molar-refractivity contribution in [2.45, 2.75) is 26.4 Å². The summed E-state index contributed by atoms with van der Waals surface area (Å²) in [5.41, 5.74) is 3.82. The Labute approximate surface area is 144 Å². The van der Waals surface area contributed by atoms with E-state index >= 15 is 0 Å². The second-order valence-electron chi connectivity index (χ2n) is 5.66. The summed E-state index contributed by atoms with van der Waals surface area (Å²) in [5.74, 6) is -0.715. The van der Waals surface area contributed by atoms with E-state index in [0.717, 1.165) is 0 Å². The van der Waals surface area contributed by atoms with Gasteiger partial charge in [-0.2, -0.15) is 13.9 Å². The van der Waals surface area contributed by atoms with E-state index in [4.69, 9.17) is 0 Å². The van der Waals surface area contributed by atoms with Gasteiger partial charge in [-0.1, -0.05) is 32.0 Å². The number of rotatable bonds is 7. The molecule has 0 aliphatic carbocycles. The minimum Gasteiger partial charge on any atom is -0.435 e. The summed E-state index contributed by atoms with van der Waals surface area (Å²) < 4.78 is 28.7. The first-order chi connectivity index (χ1) is 12.0. The summed E-state index contributed by atoms with van der Waals surface area (Å²) in [4.78, 5) is 16.5. The molecule has 1 aromatic heterocycles. The fourth-order valence-corrected chi connectivity index (χ4v) is 2.38. The van der Waals surface area contributed by atoms with Crippen molar-refractivity contribution < 1.29 is 18.3 Å². The SMILES string of the molecule is CC(C)C(C(=O)N/N=C/c1ccccn1)c1ccc(OC(F)F)cc1. The normalized spacial score (nSPS) is 12.6. The molecule has 132 valence electrons. The molecule has 1 amide bonds. The van der Waals surface area contributed by atoms with Crippen LogP contribution in [-0.2, 0) is 4.79 Å². The summed E-state index contributed by atoms with van der Waals surface area (Å²) in [6.45, 7) is 0.919. The van der Waals surface area contributed by atoms with Crippen LogP contribution < -0.4 is 10.2 Å². The van der Waals surface area contributed by atoms with Crippen LogP contribution in [0.1, 0.15) is 31.0 Å². The van der Waals surface area contributed by atoms with E-state index in [1.165, 1.54) is 18.3 Å². The number of pyridine rings is 1. The van der Waals surface area contributed by atoms with Gasteiger partial charge in [0.25, 0.3) is 0 Å². The molecule has 1 aromatic carbocycles. The molecule has 2 aromatic rings. The van der Waals surface area contributed by atoms with Crippen molar-refractivity contribution in [2.75, 3.05) is 0 Å². The van der Waals surface area contributed by atoms with Crippen LogP contribution in [0.5, 0.6) is 5.75 Å². The fraction of sp³-hybridized carbons (Fsp3) is 0.278. The van der Waals surface area contributed by atoms with Crippen molar-refractivity contribution in [3.8, 4) is 5.75 Å². The van der Waals surface area contributed by atoms with E-state index in [1.807, 2.05) is 19.9 Å². The fourth-order valence-electron chi connectivity index (χ4n) is 2.38. The molecule has 0 spiro atoms. The number of nitrogens with one attached hydrogen (secondary N) is 1. The van der Waals surface area contributed by atoms with Crippen molar-refractivity contribution in [3.63, 3.8) is 0 Å². The maximum atomic E-state index is 12.4. The molecule has 2 rings (SSSR count). The number of alkyl halides is 2. The molecule has 1 heterocycles. The first-order valence-corrected chi connectivity index (χ1v) is 7.76. The monoisotopic (exact) mass is 347 g/mol. The Morgan fingerprint density at radius 2 is 1.92 bits per heavy atom. The van der Waals surface area contributed by atoms with Gasteiger partial charge in [0.05, 0.1) is 17.8 Å². The van der Waals surface area contributed by atoms with Crippen LogP contribution in [0.4, 0.5) is 8.78 Å². The highest BCUT2D eigenvalue weighted by Crippen LogP contribution is 2.27. The second kappa shape index (κ2) is 8.86. The van der Waals surface area contributed by atoms with Crippen molar-refractivity contribution in [2.24, 2.45) is 11.0 Å². The van der Waals surface area contributed by atoms with Gasteiger partial charge < -0.3 is 4.74 Å². The zero-order valence-corrected chi connectivity index (χ0v) is 13.9. The molecule has 0 bridgehead atoms. The number of halogens is 2. The van der Waals surface area contributed by atoms with Crippen LogP contribution in [0.3, 0.4) is 0 Å². The quantitative estimate of drug-likeness (QED) is 0.615. The lowest BCUT2D eigenvalue weighted by atomic mass is 9.88. The van der Waals surface area contributed by atoms with E-state index in [9.17, 15) is 13.6 Å². The van der Waals surface area contributed by atoms with Crippen LogP contribution >= 0.6 is 0 Å². The Kier molecular flexibility index (Phi) is 6.56. The highest BCUT2D eigenvalue weighted by atomic mass is 19.3. The Hall–Kier alpha value is -2.83. The van der Waals surface area contributed by atoms with E-state index in [2.05, 4.69) is 20.2 Å². The number of benzene rings is 1. The maximum Gasteiger partial charge on any atom is 0.387 e. The van der Waals surface area contributed by atoms with Crippen molar-refractivity contribution in [1.82, 2.24) is 10.4 Å². The molecule has 1 atom stereocenters. The predicted molar refractivity (Wildman–Crippen MR) is 90.6 cm³/mol. The van der Waals surface area contributed by atoms with Gasteiger partial charge in [0.15, 0.2) is 0 Å². The molecule has 5 nitrogen and oxygen atoms in total. The van der Waals surface area contributed by atoms with Crippen LogP contribution in [0.15, 0.2) is 53.8 Å². The van der Waals surface area contributed by atoms with Crippen LogP contribution in [0.2, 0.25) is 0 Å². The molecule has 0 radical (unpaired) electrons. The minimum absolute atomic E-state index is 0.00748. The molecule has 1 N–H and O–H groups in total. The van der Waals surface area contributed by atoms with Crippen molar-refractivity contribution in [1.29, 1.82) is 0 Å². The van der Waals surface area contributed by atoms with Crippen molar-refractivity contribution >= 4 is 12.1 Å². The van der Waals surface area contributed by atoms with Crippen LogP contribution in [-0.4, -0.2) is 23.7 Å². The zero-order valence-electron chi connectivity index (χ0n) is 13.9. The molecule has 1 unspecified atom stereocenters. The third-order valence-corrected chi connectivity index (χ3v) is 3.47. The Morgan fingerprint density at radius 3 is 2.48 bits per heavy atom. The highest BCUT2D eigenvalue weighted by molar-refractivity contribution is 5.85. The molecule has 0 aliphatic rings. The molecule has 0 aliphatic heterocycles. The average Bonchev–Trinajstić information content (AvgIpc) is 2.57. The molecular formula is C18H19F2N3O2. The number of amides is 1. The minimum atomic E-state index is -2.88. The summed E-state index contributed by atoms with van der Waals surface area (Å²) in [6, 6.07) is 11.4. The Balaban J connectivity index is 2.06. The van der Waals surface area contributed by atoms with Gasteiger partial charge in [0, 0.05) is 6.20 Å². The Morgan fingerprint density at radius 1 is 1.20 bits per heavy atom. The molecule has 7 heteroatoms. The number of hydrogen-bond acceptors (Lipinski definition) is 4. The van der Waals surface area contributed by atoms with E-state index in [1.54, 1.807) is 30.5 Å². The lowest BCUT2D eigenvalue weighted by Crippen LogP contribution is -2.28. The number of carbonyl (C=O) groups is 1. The maximum absolute atomic E-state index is 12.4. The number of carbonyl (C=O) groups excluding carboxylic acids is 1. The third-order valence-electron chi connectivity index (χ3n) is 3.47. The molecule has 0 saturated carbocycles. The lowest BCUT2D eigenvalue weighted by molar-refractivity contribution is -0.123. The number of aromatic nitrogens is 1. The Bertz CT molecular complexity index is 704. The molecule has 0 saturated heterocycles. The first kappa shape index (κ1) is 18.5. The number of ether oxygens (including phenoxy) is 1. The average molecular weight is 347 g/mol. The molecule has 25 heavy (non-hydrogen) atoms. The van der Waals surface area contributed by atoms with Crippen LogP contribution in [0.25, 0.3) is 0 Å². The van der Waals surface area contributed by atoms with Crippen molar-refractivity contribution in [3.05, 3.63) is 59.9 Å². The molecular weight excluding hydrogens is 328 g/mol. The van der Waals surface area contributed by atoms with Gasteiger partial charge in [0.1, 0.15) is 5.75 Å². The van der Waals surface area contributed by atoms with Gasteiger partial charge >= 0.3 is 6.61 Å². The second-order valence-corrected chi connectivity index (χ2v) is 5.66. The van der Waals surface area contributed by atoms with Crippen LogP contribution in [0, 0.1) is 5.92 Å².